The molecule has 1 heteroatoms. The van der Waals surface area contributed by atoms with Gasteiger partial charge in [0.15, 0.2) is 0 Å². The van der Waals surface area contributed by atoms with Gasteiger partial charge < -0.3 is 4.74 Å². The van der Waals surface area contributed by atoms with Gasteiger partial charge in [-0.1, -0.05) is 176 Å². The topological polar surface area (TPSA) is 9.23 Å². The van der Waals surface area contributed by atoms with E-state index in [-0.39, 0.29) is 0 Å². The second-order valence-corrected chi connectivity index (χ2v) is 15.4. The molecule has 0 N–H and O–H groups in total. The minimum absolute atomic E-state index is 0.447. The fourth-order valence-corrected chi connectivity index (χ4v) is 11.3. The zero-order valence-electron chi connectivity index (χ0n) is 29.9. The van der Waals surface area contributed by atoms with Crippen molar-refractivity contribution in [2.24, 2.45) is 0 Å². The second kappa shape index (κ2) is 10.4. The molecule has 13 rings (SSSR count). The molecular weight excluding hydrogens is 665 g/mol. The molecule has 1 heterocycles. The fourth-order valence-electron chi connectivity index (χ4n) is 11.3. The van der Waals surface area contributed by atoms with Gasteiger partial charge in [-0.2, -0.15) is 0 Å². The van der Waals surface area contributed by atoms with Crippen LogP contribution in [0.2, 0.25) is 0 Å². The molecule has 0 aromatic heterocycles. The Labute approximate surface area is 319 Å². The maximum Gasteiger partial charge on any atom is 0.132 e. The molecule has 1 aliphatic heterocycles. The third-order valence-electron chi connectivity index (χ3n) is 13.2. The molecule has 55 heavy (non-hydrogen) atoms. The van der Waals surface area contributed by atoms with Crippen LogP contribution in [0.1, 0.15) is 44.5 Å². The number of fused-ring (bicyclic) bond motifs is 18. The van der Waals surface area contributed by atoms with Gasteiger partial charge in [0.1, 0.15) is 11.5 Å². The smallest absolute Gasteiger partial charge is 0.132 e. The van der Waals surface area contributed by atoms with Crippen molar-refractivity contribution in [3.8, 4) is 56.0 Å². The molecule has 9 aromatic rings. The standard InChI is InChI=1S/C54H32O/c1-7-24-44-36(16-1)37-17-2-8-25-45(37)54(44)47-26-9-10-28-49(47)55-50-29-13-20-35(52(50)54)34-30-31-46-41(32-34)39-19-4-6-23-43(39)53(46)42-22-5-3-18-38(42)40-21-11-14-33-15-12-27-48(53)51(33)40/h1-32H. The minimum atomic E-state index is -0.548. The van der Waals surface area contributed by atoms with E-state index in [1.165, 1.54) is 99.8 Å². The highest BCUT2D eigenvalue weighted by Crippen LogP contribution is 2.65. The van der Waals surface area contributed by atoms with E-state index in [0.717, 1.165) is 11.5 Å². The maximum absolute atomic E-state index is 6.90. The third kappa shape index (κ3) is 3.42. The van der Waals surface area contributed by atoms with Crippen molar-refractivity contribution in [1.29, 1.82) is 0 Å². The van der Waals surface area contributed by atoms with Crippen LogP contribution in [0.5, 0.6) is 11.5 Å². The number of ether oxygens (including phenoxy) is 1. The zero-order chi connectivity index (χ0) is 35.9. The Morgan fingerprint density at radius 2 is 0.745 bits per heavy atom. The van der Waals surface area contributed by atoms with E-state index in [4.69, 9.17) is 4.74 Å². The summed E-state index contributed by atoms with van der Waals surface area (Å²) in [5, 5.41) is 2.63. The Balaban J connectivity index is 1.12. The van der Waals surface area contributed by atoms with E-state index in [1.807, 2.05) is 0 Å². The number of rotatable bonds is 1. The van der Waals surface area contributed by atoms with Crippen LogP contribution in [0.25, 0.3) is 55.3 Å². The lowest BCUT2D eigenvalue weighted by atomic mass is 9.61. The van der Waals surface area contributed by atoms with Gasteiger partial charge in [-0.25, -0.2) is 0 Å². The molecular formula is C54H32O. The van der Waals surface area contributed by atoms with Crippen LogP contribution >= 0.6 is 0 Å². The summed E-state index contributed by atoms with van der Waals surface area (Å²) in [7, 11) is 0. The molecule has 1 nitrogen and oxygen atoms in total. The molecule has 2 spiro atoms. The zero-order valence-corrected chi connectivity index (χ0v) is 29.9. The van der Waals surface area contributed by atoms with Crippen molar-refractivity contribution < 1.29 is 4.74 Å². The molecule has 0 saturated heterocycles. The highest BCUT2D eigenvalue weighted by Gasteiger charge is 2.53. The van der Waals surface area contributed by atoms with Crippen molar-refractivity contribution in [2.75, 3.05) is 0 Å². The lowest BCUT2D eigenvalue weighted by Gasteiger charge is -2.41. The lowest BCUT2D eigenvalue weighted by molar-refractivity contribution is 0.437. The number of hydrogen-bond donors (Lipinski definition) is 0. The largest absolute Gasteiger partial charge is 0.457 e. The molecule has 254 valence electrons. The van der Waals surface area contributed by atoms with Crippen molar-refractivity contribution in [1.82, 2.24) is 0 Å². The van der Waals surface area contributed by atoms with E-state index in [9.17, 15) is 0 Å². The molecule has 4 aliphatic rings. The predicted molar refractivity (Wildman–Crippen MR) is 223 cm³/mol. The Bertz CT molecular complexity index is 3100. The molecule has 0 saturated carbocycles. The average molecular weight is 697 g/mol. The highest BCUT2D eigenvalue weighted by atomic mass is 16.5. The van der Waals surface area contributed by atoms with Crippen molar-refractivity contribution >= 4 is 10.8 Å². The number of para-hydroxylation sites is 1. The lowest BCUT2D eigenvalue weighted by Crippen LogP contribution is -2.33. The highest BCUT2D eigenvalue weighted by molar-refractivity contribution is 6.07. The van der Waals surface area contributed by atoms with E-state index in [1.54, 1.807) is 0 Å². The Morgan fingerprint density at radius 1 is 0.291 bits per heavy atom. The number of benzene rings is 9. The Hall–Kier alpha value is -6.96. The first-order valence-electron chi connectivity index (χ1n) is 19.3. The van der Waals surface area contributed by atoms with Crippen molar-refractivity contribution in [3.63, 3.8) is 0 Å². The van der Waals surface area contributed by atoms with Crippen LogP contribution in [-0.2, 0) is 10.8 Å². The molecule has 3 aliphatic carbocycles. The summed E-state index contributed by atoms with van der Waals surface area (Å²) >= 11 is 0. The monoisotopic (exact) mass is 696 g/mol. The first-order valence-corrected chi connectivity index (χ1v) is 19.3. The van der Waals surface area contributed by atoms with Gasteiger partial charge in [-0.15, -0.1) is 0 Å². The van der Waals surface area contributed by atoms with Gasteiger partial charge >= 0.3 is 0 Å². The molecule has 0 radical (unpaired) electrons. The molecule has 1 atom stereocenters. The Morgan fingerprint density at radius 3 is 1.44 bits per heavy atom. The summed E-state index contributed by atoms with van der Waals surface area (Å²) in [6.45, 7) is 0. The van der Waals surface area contributed by atoms with Crippen LogP contribution in [0.3, 0.4) is 0 Å². The summed E-state index contributed by atoms with van der Waals surface area (Å²) in [5.74, 6) is 1.82. The van der Waals surface area contributed by atoms with Gasteiger partial charge in [0, 0.05) is 11.1 Å². The summed E-state index contributed by atoms with van der Waals surface area (Å²) in [6.07, 6.45) is 0. The maximum atomic E-state index is 6.90. The van der Waals surface area contributed by atoms with Gasteiger partial charge in [-0.3, -0.25) is 0 Å². The average Bonchev–Trinajstić information content (AvgIpc) is 3.71. The van der Waals surface area contributed by atoms with Gasteiger partial charge in [-0.05, 0) is 107 Å². The van der Waals surface area contributed by atoms with E-state index in [0.29, 0.717) is 0 Å². The van der Waals surface area contributed by atoms with E-state index >= 15 is 0 Å². The Kier molecular flexibility index (Phi) is 5.56. The quantitative estimate of drug-likeness (QED) is 0.166. The first kappa shape index (κ1) is 29.5. The van der Waals surface area contributed by atoms with Crippen LogP contribution in [0.4, 0.5) is 0 Å². The normalized spacial score (nSPS) is 16.7. The molecule has 1 unspecified atom stereocenters. The molecule has 0 fully saturated rings. The molecule has 9 aromatic carbocycles. The summed E-state index contributed by atoms with van der Waals surface area (Å²) < 4.78 is 6.90. The molecule has 0 amide bonds. The summed E-state index contributed by atoms with van der Waals surface area (Å²) in [4.78, 5) is 0. The van der Waals surface area contributed by atoms with Gasteiger partial charge in [0.25, 0.3) is 0 Å². The van der Waals surface area contributed by atoms with E-state index in [2.05, 4.69) is 194 Å². The number of hydrogen-bond acceptors (Lipinski definition) is 1. The predicted octanol–water partition coefficient (Wildman–Crippen LogP) is 13.3. The fraction of sp³-hybridized carbons (Fsp3) is 0.0370. The summed E-state index contributed by atoms with van der Waals surface area (Å²) in [5.41, 5.74) is 19.5. The van der Waals surface area contributed by atoms with Gasteiger partial charge in [0.2, 0.25) is 0 Å². The van der Waals surface area contributed by atoms with Crippen LogP contribution in [-0.4, -0.2) is 0 Å². The SMILES string of the molecule is c1ccc2c(c1)Oc1cccc(-c3ccc4c(c3)-c3ccccc3C43c4ccccc4-c4cccc5cccc3c45)c1C21c2ccccc2-c2ccccc21. The summed E-state index contributed by atoms with van der Waals surface area (Å²) in [6, 6.07) is 72.4. The van der Waals surface area contributed by atoms with Crippen LogP contribution in [0.15, 0.2) is 194 Å². The first-order chi connectivity index (χ1) is 27.3. The van der Waals surface area contributed by atoms with Crippen molar-refractivity contribution in [2.45, 2.75) is 10.8 Å². The third-order valence-corrected chi connectivity index (χ3v) is 13.2. The van der Waals surface area contributed by atoms with Gasteiger partial charge in [0.05, 0.1) is 10.8 Å². The second-order valence-electron chi connectivity index (χ2n) is 15.4. The van der Waals surface area contributed by atoms with Crippen molar-refractivity contribution in [3.05, 3.63) is 239 Å². The molecule has 0 bridgehead atoms. The van der Waals surface area contributed by atoms with E-state index < -0.39 is 10.8 Å². The van der Waals surface area contributed by atoms with Crippen LogP contribution < -0.4 is 4.74 Å². The minimum Gasteiger partial charge on any atom is -0.457 e. The van der Waals surface area contributed by atoms with Crippen LogP contribution in [0, 0.1) is 0 Å².